The lowest BCUT2D eigenvalue weighted by Gasteiger charge is -1.79. The zero-order chi connectivity index (χ0) is 4.99. The molecule has 38 valence electrons. The molecule has 0 heterocycles. The van der Waals surface area contributed by atoms with Crippen LogP contribution in [0.3, 0.4) is 0 Å². The van der Waals surface area contributed by atoms with Crippen molar-refractivity contribution in [2.75, 3.05) is 10.2 Å². The van der Waals surface area contributed by atoms with Crippen LogP contribution in [-0.2, 0) is 0 Å². The van der Waals surface area contributed by atoms with Gasteiger partial charge in [0, 0.05) is 31.4 Å². The normalized spacial score (nSPS) is 14.2. The number of alkyl halides is 1. The molecule has 0 bridgehead atoms. The van der Waals surface area contributed by atoms with Crippen LogP contribution in [0.2, 0.25) is 0 Å². The van der Waals surface area contributed by atoms with Crippen LogP contribution in [0.15, 0.2) is 0 Å². The van der Waals surface area contributed by atoms with E-state index in [1.807, 2.05) is 0 Å². The lowest BCUT2D eigenvalue weighted by molar-refractivity contribution is 1.57. The summed E-state index contributed by atoms with van der Waals surface area (Å²) < 4.78 is 9.67. The van der Waals surface area contributed by atoms with Gasteiger partial charge >= 0.3 is 0 Å². The first-order valence-electron chi connectivity index (χ1n) is 1.45. The molecule has 1 nitrogen and oxygen atoms in total. The van der Waals surface area contributed by atoms with Crippen molar-refractivity contribution < 1.29 is 0 Å². The molecule has 0 saturated heterocycles. The van der Waals surface area contributed by atoms with Gasteiger partial charge in [0.1, 0.15) is 0 Å². The fourth-order valence-electron chi connectivity index (χ4n) is 0.0697. The van der Waals surface area contributed by atoms with Gasteiger partial charge in [-0.1, -0.05) is 22.6 Å². The molecule has 0 radical (unpaired) electrons. The van der Waals surface area contributed by atoms with Crippen LogP contribution < -0.4 is 0 Å². The molecule has 6 heavy (non-hydrogen) atoms. The molecule has 1 unspecified atom stereocenters. The number of rotatable bonds is 1. The molecule has 0 N–H and O–H groups in total. The number of nitrogens with zero attached hydrogens (tertiary/aromatic N) is 1. The predicted octanol–water partition coefficient (Wildman–Crippen LogP) is 2.25. The SMILES string of the molecule is N#[SH](I)CCI. The predicted molar refractivity (Wildman–Crippen MR) is 48.5 cm³/mol. The van der Waals surface area contributed by atoms with Gasteiger partial charge in [0.2, 0.25) is 0 Å². The van der Waals surface area contributed by atoms with Crippen molar-refractivity contribution in [3.8, 4) is 0 Å². The fraction of sp³-hybridized carbons (Fsp3) is 1.00. The Kier molecular flexibility index (Phi) is 5.86. The number of thiol groups is 1. The van der Waals surface area contributed by atoms with Gasteiger partial charge in [0.25, 0.3) is 0 Å². The van der Waals surface area contributed by atoms with E-state index < -0.39 is 7.70 Å². The standard InChI is InChI=1S/C2H5I2NS/c3-1-2-6(4)5/h6H,1-2H2. The molecule has 1 atom stereocenters. The van der Waals surface area contributed by atoms with E-state index in [1.165, 1.54) is 0 Å². The summed E-state index contributed by atoms with van der Waals surface area (Å²) in [5, 5.41) is 0. The van der Waals surface area contributed by atoms with E-state index in [2.05, 4.69) is 43.8 Å². The van der Waals surface area contributed by atoms with E-state index in [0.717, 1.165) is 10.2 Å². The maximum absolute atomic E-state index is 8.60. The largest absolute Gasteiger partial charge is 0.223 e. The molecule has 0 aliphatic rings. The summed E-state index contributed by atoms with van der Waals surface area (Å²) >= 11 is 4.31. The molecule has 0 aliphatic carbocycles. The molecule has 0 aromatic carbocycles. The first-order valence-corrected chi connectivity index (χ1v) is 7.24. The Balaban J connectivity index is 2.91. The lowest BCUT2D eigenvalue weighted by atomic mass is 11.0. The highest BCUT2D eigenvalue weighted by molar-refractivity contribution is 14.2. The Labute approximate surface area is 65.6 Å². The van der Waals surface area contributed by atoms with Crippen LogP contribution >= 0.6 is 51.5 Å². The molecule has 4 heteroatoms. The third kappa shape index (κ3) is 5.52. The van der Waals surface area contributed by atoms with Crippen LogP contribution in [0.1, 0.15) is 0 Å². The molecule has 0 aromatic heterocycles. The Hall–Kier alpha value is 1.52. The van der Waals surface area contributed by atoms with Crippen molar-refractivity contribution in [1.82, 2.24) is 0 Å². The number of hydrogen-bond acceptors (Lipinski definition) is 1. The van der Waals surface area contributed by atoms with E-state index in [0.29, 0.717) is 0 Å². The average molecular weight is 329 g/mol. The maximum Gasteiger partial charge on any atom is 0.0231 e. The Morgan fingerprint density at radius 3 is 2.17 bits per heavy atom. The van der Waals surface area contributed by atoms with Gasteiger partial charge in [-0.3, -0.25) is 0 Å². The van der Waals surface area contributed by atoms with Gasteiger partial charge < -0.3 is 0 Å². The van der Waals surface area contributed by atoms with Gasteiger partial charge in [-0.15, -0.1) is 0 Å². The van der Waals surface area contributed by atoms with E-state index >= 15 is 0 Å². The lowest BCUT2D eigenvalue weighted by Crippen LogP contribution is -1.69. The summed E-state index contributed by atoms with van der Waals surface area (Å²) in [4.78, 5) is 0. The van der Waals surface area contributed by atoms with Gasteiger partial charge in [-0.05, 0) is 7.70 Å². The van der Waals surface area contributed by atoms with Crippen molar-refractivity contribution in [1.29, 1.82) is 4.61 Å². The summed E-state index contributed by atoms with van der Waals surface area (Å²) in [7, 11) is -0.638. The van der Waals surface area contributed by atoms with Gasteiger partial charge in [-0.25, -0.2) is 4.61 Å². The second kappa shape index (κ2) is 4.67. The third-order valence-electron chi connectivity index (χ3n) is 0.269. The highest BCUT2D eigenvalue weighted by Gasteiger charge is 1.78. The van der Waals surface area contributed by atoms with Crippen LogP contribution in [0.5, 0.6) is 0 Å². The molecule has 0 fully saturated rings. The van der Waals surface area contributed by atoms with Crippen molar-refractivity contribution in [2.24, 2.45) is 0 Å². The Bertz CT molecular complexity index is 83.3. The smallest absolute Gasteiger partial charge is 0.0231 e. The van der Waals surface area contributed by atoms with Crippen LogP contribution in [0.4, 0.5) is 0 Å². The highest BCUT2D eigenvalue weighted by atomic mass is 127. The maximum atomic E-state index is 8.60. The minimum atomic E-state index is -0.638. The topological polar surface area (TPSA) is 23.8 Å². The van der Waals surface area contributed by atoms with Gasteiger partial charge in [0.15, 0.2) is 0 Å². The van der Waals surface area contributed by atoms with Crippen molar-refractivity contribution in [2.45, 2.75) is 0 Å². The first-order chi connectivity index (χ1) is 2.77. The van der Waals surface area contributed by atoms with Crippen molar-refractivity contribution in [3.63, 3.8) is 0 Å². The van der Waals surface area contributed by atoms with Crippen LogP contribution in [-0.4, -0.2) is 10.2 Å². The minimum absolute atomic E-state index is 0.638. The molecule has 0 spiro atoms. The van der Waals surface area contributed by atoms with E-state index in [9.17, 15) is 0 Å². The fourth-order valence-corrected chi connectivity index (χ4v) is 5.07. The quantitative estimate of drug-likeness (QED) is 0.445. The summed E-state index contributed by atoms with van der Waals surface area (Å²) in [5.74, 6) is 0.969. The molecule has 0 rings (SSSR count). The van der Waals surface area contributed by atoms with Gasteiger partial charge in [0.05, 0.1) is 0 Å². The molecule has 0 amide bonds. The van der Waals surface area contributed by atoms with E-state index in [-0.39, 0.29) is 0 Å². The second-order valence-electron chi connectivity index (χ2n) is 0.749. The monoisotopic (exact) mass is 329 g/mol. The Morgan fingerprint density at radius 2 is 2.17 bits per heavy atom. The summed E-state index contributed by atoms with van der Waals surface area (Å²) in [6.07, 6.45) is 0. The molecule has 0 aliphatic heterocycles. The zero-order valence-electron chi connectivity index (χ0n) is 3.06. The summed E-state index contributed by atoms with van der Waals surface area (Å²) in [6, 6.07) is 0. The molecular formula is C2H5I2NS. The number of halogens is 2. The van der Waals surface area contributed by atoms with E-state index in [1.54, 1.807) is 0 Å². The van der Waals surface area contributed by atoms with Crippen LogP contribution in [0.25, 0.3) is 0 Å². The summed E-state index contributed by atoms with van der Waals surface area (Å²) in [5.41, 5.74) is 0. The highest BCUT2D eigenvalue weighted by Crippen LogP contribution is 2.16. The molecular weight excluding hydrogens is 324 g/mol. The third-order valence-corrected chi connectivity index (χ3v) is 3.70. The molecule has 0 aromatic rings. The average Bonchev–Trinajstić information content (AvgIpc) is 1.35. The van der Waals surface area contributed by atoms with Crippen molar-refractivity contribution >= 4 is 51.5 Å². The van der Waals surface area contributed by atoms with Crippen LogP contribution in [0, 0.1) is 4.61 Å². The Morgan fingerprint density at radius 1 is 1.67 bits per heavy atom. The van der Waals surface area contributed by atoms with Gasteiger partial charge in [-0.2, -0.15) is 0 Å². The summed E-state index contributed by atoms with van der Waals surface area (Å²) in [6.45, 7) is 0. The second-order valence-corrected chi connectivity index (χ2v) is 6.29. The minimum Gasteiger partial charge on any atom is -0.223 e. The van der Waals surface area contributed by atoms with Crippen molar-refractivity contribution in [3.05, 3.63) is 0 Å². The zero-order valence-corrected chi connectivity index (χ0v) is 8.27. The van der Waals surface area contributed by atoms with E-state index in [4.69, 9.17) is 4.61 Å². The number of hydrogen-bond donors (Lipinski definition) is 1. The molecule has 0 saturated carbocycles. The first kappa shape index (κ1) is 7.52.